The van der Waals surface area contributed by atoms with Crippen LogP contribution in [0.25, 0.3) is 0 Å². The van der Waals surface area contributed by atoms with Gasteiger partial charge in [0.2, 0.25) is 0 Å². The van der Waals surface area contributed by atoms with Gasteiger partial charge in [0.1, 0.15) is 17.5 Å². The normalized spacial score (nSPS) is 10.8. The van der Waals surface area contributed by atoms with Crippen molar-refractivity contribution in [3.05, 3.63) is 51.2 Å². The van der Waals surface area contributed by atoms with Gasteiger partial charge in [-0.05, 0) is 6.92 Å². The molecular formula is C11H8F3NS. The van der Waals surface area contributed by atoms with E-state index in [1.165, 1.54) is 11.3 Å². The van der Waals surface area contributed by atoms with Crippen LogP contribution in [0.3, 0.4) is 0 Å². The Labute approximate surface area is 94.6 Å². The zero-order valence-corrected chi connectivity index (χ0v) is 9.25. The Morgan fingerprint density at radius 3 is 2.31 bits per heavy atom. The minimum absolute atomic E-state index is 0.101. The van der Waals surface area contributed by atoms with Gasteiger partial charge in [0.25, 0.3) is 0 Å². The molecule has 0 radical (unpaired) electrons. The fourth-order valence-corrected chi connectivity index (χ4v) is 2.21. The van der Waals surface area contributed by atoms with Gasteiger partial charge in [0.05, 0.1) is 5.01 Å². The number of benzene rings is 1. The van der Waals surface area contributed by atoms with Crippen molar-refractivity contribution in [3.8, 4) is 0 Å². The summed E-state index contributed by atoms with van der Waals surface area (Å²) in [6.07, 6.45) is 1.67. The Morgan fingerprint density at radius 1 is 1.19 bits per heavy atom. The molecule has 0 aliphatic heterocycles. The average molecular weight is 243 g/mol. The lowest BCUT2D eigenvalue weighted by Crippen LogP contribution is -1.97. The Bertz CT molecular complexity index is 499. The van der Waals surface area contributed by atoms with Gasteiger partial charge in [-0.25, -0.2) is 18.2 Å². The molecule has 0 saturated heterocycles. The maximum atomic E-state index is 13.3. The zero-order valence-electron chi connectivity index (χ0n) is 8.43. The second kappa shape index (κ2) is 4.25. The molecule has 0 unspecified atom stereocenters. The average Bonchev–Trinajstić information content (AvgIpc) is 2.58. The number of hydrogen-bond donors (Lipinski definition) is 0. The summed E-state index contributed by atoms with van der Waals surface area (Å²) in [5.74, 6) is -2.62. The number of aromatic nitrogens is 1. The molecule has 0 aliphatic rings. The van der Waals surface area contributed by atoms with Gasteiger partial charge in [0.15, 0.2) is 0 Å². The van der Waals surface area contributed by atoms with Gasteiger partial charge < -0.3 is 0 Å². The molecule has 2 rings (SSSR count). The lowest BCUT2D eigenvalue weighted by atomic mass is 10.1. The van der Waals surface area contributed by atoms with Crippen LogP contribution in [0.15, 0.2) is 18.3 Å². The Hall–Kier alpha value is -1.36. The molecular weight excluding hydrogens is 235 g/mol. The molecule has 0 saturated carbocycles. The molecule has 1 aromatic heterocycles. The van der Waals surface area contributed by atoms with Crippen molar-refractivity contribution in [2.75, 3.05) is 0 Å². The highest BCUT2D eigenvalue weighted by molar-refractivity contribution is 7.11. The first-order chi connectivity index (χ1) is 7.56. The summed E-state index contributed by atoms with van der Waals surface area (Å²) in [6, 6.07) is 1.37. The monoisotopic (exact) mass is 243 g/mol. The third-order valence-electron chi connectivity index (χ3n) is 2.13. The SMILES string of the molecule is Cc1ncc(Cc2c(F)cc(F)cc2F)s1. The maximum absolute atomic E-state index is 13.3. The Kier molecular flexibility index (Phi) is 2.96. The van der Waals surface area contributed by atoms with Crippen molar-refractivity contribution < 1.29 is 13.2 Å². The Balaban J connectivity index is 2.34. The van der Waals surface area contributed by atoms with Crippen LogP contribution in [0.1, 0.15) is 15.4 Å². The summed E-state index contributed by atoms with van der Waals surface area (Å²) in [7, 11) is 0. The number of aryl methyl sites for hydroxylation is 1. The summed E-state index contributed by atoms with van der Waals surface area (Å²) in [5, 5.41) is 0.831. The van der Waals surface area contributed by atoms with E-state index in [2.05, 4.69) is 4.98 Å². The van der Waals surface area contributed by atoms with Gasteiger partial charge in [-0.1, -0.05) is 0 Å². The van der Waals surface area contributed by atoms with E-state index in [9.17, 15) is 13.2 Å². The van der Waals surface area contributed by atoms with E-state index >= 15 is 0 Å². The number of hydrogen-bond acceptors (Lipinski definition) is 2. The van der Waals surface area contributed by atoms with Crippen molar-refractivity contribution >= 4 is 11.3 Å². The van der Waals surface area contributed by atoms with Gasteiger partial charge >= 0.3 is 0 Å². The van der Waals surface area contributed by atoms with Crippen LogP contribution >= 0.6 is 11.3 Å². The van der Waals surface area contributed by atoms with Gasteiger partial charge in [0, 0.05) is 35.2 Å². The zero-order chi connectivity index (χ0) is 11.7. The predicted octanol–water partition coefficient (Wildman–Crippen LogP) is 3.46. The number of nitrogens with zero attached hydrogens (tertiary/aromatic N) is 1. The molecule has 0 bridgehead atoms. The first kappa shape index (κ1) is 11.1. The van der Waals surface area contributed by atoms with Crippen LogP contribution in [-0.4, -0.2) is 4.98 Å². The molecule has 84 valence electrons. The summed E-state index contributed by atoms with van der Waals surface area (Å²) < 4.78 is 39.3. The molecule has 1 nitrogen and oxygen atoms in total. The summed E-state index contributed by atoms with van der Waals surface area (Å²) >= 11 is 1.37. The van der Waals surface area contributed by atoms with Gasteiger partial charge in [-0.3, -0.25) is 0 Å². The molecule has 0 amide bonds. The van der Waals surface area contributed by atoms with E-state index in [4.69, 9.17) is 0 Å². The van der Waals surface area contributed by atoms with Crippen molar-refractivity contribution in [1.29, 1.82) is 0 Å². The topological polar surface area (TPSA) is 12.9 Å². The van der Waals surface area contributed by atoms with Crippen LogP contribution < -0.4 is 0 Å². The van der Waals surface area contributed by atoms with Crippen molar-refractivity contribution in [2.45, 2.75) is 13.3 Å². The first-order valence-electron chi connectivity index (χ1n) is 4.61. The quantitative estimate of drug-likeness (QED) is 0.787. The molecule has 2 aromatic rings. The molecule has 16 heavy (non-hydrogen) atoms. The number of rotatable bonds is 2. The van der Waals surface area contributed by atoms with Crippen LogP contribution in [0.2, 0.25) is 0 Å². The summed E-state index contributed by atoms with van der Waals surface area (Å²) in [6.45, 7) is 1.81. The third-order valence-corrected chi connectivity index (χ3v) is 3.04. The minimum Gasteiger partial charge on any atom is -0.250 e. The number of halogens is 3. The second-order valence-corrected chi connectivity index (χ2v) is 4.69. The van der Waals surface area contributed by atoms with Crippen molar-refractivity contribution in [3.63, 3.8) is 0 Å². The van der Waals surface area contributed by atoms with E-state index in [0.29, 0.717) is 12.1 Å². The predicted molar refractivity (Wildman–Crippen MR) is 56.0 cm³/mol. The number of thiazole rings is 1. The smallest absolute Gasteiger partial charge is 0.132 e. The third kappa shape index (κ3) is 2.24. The lowest BCUT2D eigenvalue weighted by Gasteiger charge is -2.03. The summed E-state index contributed by atoms with van der Waals surface area (Å²) in [4.78, 5) is 4.74. The molecule has 1 aromatic carbocycles. The highest BCUT2D eigenvalue weighted by Crippen LogP contribution is 2.21. The van der Waals surface area contributed by atoms with E-state index in [-0.39, 0.29) is 12.0 Å². The molecule has 1 heterocycles. The minimum atomic E-state index is -0.903. The summed E-state index contributed by atoms with van der Waals surface area (Å²) in [5.41, 5.74) is -0.120. The molecule has 0 N–H and O–H groups in total. The van der Waals surface area contributed by atoms with E-state index in [1.54, 1.807) is 6.20 Å². The highest BCUT2D eigenvalue weighted by Gasteiger charge is 2.13. The fraction of sp³-hybridized carbons (Fsp3) is 0.182. The van der Waals surface area contributed by atoms with E-state index in [1.807, 2.05) is 6.92 Å². The maximum Gasteiger partial charge on any atom is 0.132 e. The first-order valence-corrected chi connectivity index (χ1v) is 5.42. The van der Waals surface area contributed by atoms with E-state index < -0.39 is 17.5 Å². The fourth-order valence-electron chi connectivity index (χ4n) is 1.40. The molecule has 0 atom stereocenters. The standard InChI is InChI=1S/C11H8F3NS/c1-6-15-5-8(16-6)4-9-10(13)2-7(12)3-11(9)14/h2-3,5H,4H2,1H3. The van der Waals surface area contributed by atoms with Crippen LogP contribution in [0, 0.1) is 24.4 Å². The van der Waals surface area contributed by atoms with Crippen LogP contribution in [0.5, 0.6) is 0 Å². The highest BCUT2D eigenvalue weighted by atomic mass is 32.1. The van der Waals surface area contributed by atoms with E-state index in [0.717, 1.165) is 9.88 Å². The molecule has 0 aliphatic carbocycles. The van der Waals surface area contributed by atoms with Crippen LogP contribution in [-0.2, 0) is 6.42 Å². The van der Waals surface area contributed by atoms with Crippen molar-refractivity contribution in [2.24, 2.45) is 0 Å². The largest absolute Gasteiger partial charge is 0.250 e. The molecule has 5 heteroatoms. The molecule has 0 spiro atoms. The van der Waals surface area contributed by atoms with Crippen molar-refractivity contribution in [1.82, 2.24) is 4.98 Å². The lowest BCUT2D eigenvalue weighted by molar-refractivity contribution is 0.528. The van der Waals surface area contributed by atoms with Crippen LogP contribution in [0.4, 0.5) is 13.2 Å². The van der Waals surface area contributed by atoms with Gasteiger partial charge in [-0.2, -0.15) is 0 Å². The second-order valence-electron chi connectivity index (χ2n) is 3.37. The van der Waals surface area contributed by atoms with Gasteiger partial charge in [-0.15, -0.1) is 11.3 Å². The Morgan fingerprint density at radius 2 is 1.81 bits per heavy atom. The molecule has 0 fully saturated rings.